The number of carboxylic acids is 1. The van der Waals surface area contributed by atoms with Gasteiger partial charge in [0, 0.05) is 12.6 Å². The number of carboxylic acid groups (broad SMARTS) is 1. The molecule has 0 saturated carbocycles. The van der Waals surface area contributed by atoms with E-state index in [4.69, 9.17) is 5.11 Å². The third-order valence-electron chi connectivity index (χ3n) is 4.22. The number of amides is 1. The number of alkyl halides is 3. The van der Waals surface area contributed by atoms with Crippen molar-refractivity contribution >= 4 is 11.9 Å². The Hall–Kier alpha value is -2.91. The molecule has 2 heterocycles. The second-order valence-electron chi connectivity index (χ2n) is 5.96. The Morgan fingerprint density at radius 2 is 2.00 bits per heavy atom. The number of rotatable bonds is 4. The van der Waals surface area contributed by atoms with Gasteiger partial charge in [0.15, 0.2) is 5.69 Å². The molecule has 138 valence electrons. The van der Waals surface area contributed by atoms with Crippen molar-refractivity contribution in [2.24, 2.45) is 0 Å². The first-order valence-corrected chi connectivity index (χ1v) is 7.89. The van der Waals surface area contributed by atoms with Gasteiger partial charge in [-0.2, -0.15) is 13.2 Å². The molecule has 1 aliphatic heterocycles. The van der Waals surface area contributed by atoms with E-state index in [2.05, 4.69) is 10.3 Å². The lowest BCUT2D eigenvalue weighted by molar-refractivity contribution is -0.138. The zero-order valence-corrected chi connectivity index (χ0v) is 13.5. The second kappa shape index (κ2) is 6.77. The summed E-state index contributed by atoms with van der Waals surface area (Å²) >= 11 is 0. The highest BCUT2D eigenvalue weighted by atomic mass is 19.4. The van der Waals surface area contributed by atoms with Gasteiger partial charge in [-0.15, -0.1) is 5.10 Å². The first-order valence-electron chi connectivity index (χ1n) is 7.89. The van der Waals surface area contributed by atoms with E-state index in [-0.39, 0.29) is 17.8 Å². The van der Waals surface area contributed by atoms with Crippen LogP contribution in [-0.4, -0.2) is 49.5 Å². The fourth-order valence-electron chi connectivity index (χ4n) is 3.06. The van der Waals surface area contributed by atoms with Crippen LogP contribution in [0.2, 0.25) is 0 Å². The van der Waals surface area contributed by atoms with Crippen molar-refractivity contribution in [3.63, 3.8) is 0 Å². The van der Waals surface area contributed by atoms with Gasteiger partial charge in [-0.3, -0.25) is 9.59 Å². The minimum absolute atomic E-state index is 0.126. The molecule has 26 heavy (non-hydrogen) atoms. The van der Waals surface area contributed by atoms with Crippen LogP contribution in [0.4, 0.5) is 13.2 Å². The number of aliphatic carboxylic acids is 1. The van der Waals surface area contributed by atoms with Gasteiger partial charge in [0.25, 0.3) is 5.91 Å². The van der Waals surface area contributed by atoms with Gasteiger partial charge in [0.2, 0.25) is 0 Å². The minimum atomic E-state index is -4.58. The average molecular weight is 368 g/mol. The van der Waals surface area contributed by atoms with Crippen molar-refractivity contribution < 1.29 is 27.9 Å². The summed E-state index contributed by atoms with van der Waals surface area (Å²) in [6.07, 6.45) is -2.41. The summed E-state index contributed by atoms with van der Waals surface area (Å²) in [5, 5.41) is 16.2. The quantitative estimate of drug-likeness (QED) is 0.895. The third-order valence-corrected chi connectivity index (χ3v) is 4.22. The highest BCUT2D eigenvalue weighted by molar-refractivity contribution is 5.92. The maximum absolute atomic E-state index is 13.1. The van der Waals surface area contributed by atoms with Crippen LogP contribution in [0.25, 0.3) is 5.69 Å². The summed E-state index contributed by atoms with van der Waals surface area (Å²) < 4.78 is 40.3. The Morgan fingerprint density at radius 1 is 1.27 bits per heavy atom. The molecule has 2 aromatic rings. The zero-order chi connectivity index (χ0) is 18.9. The summed E-state index contributed by atoms with van der Waals surface area (Å²) in [5.41, 5.74) is -1.26. The number of para-hydroxylation sites is 1. The molecule has 10 heteroatoms. The van der Waals surface area contributed by atoms with Crippen LogP contribution in [0.5, 0.6) is 0 Å². The van der Waals surface area contributed by atoms with Crippen LogP contribution in [0, 0.1) is 0 Å². The van der Waals surface area contributed by atoms with Crippen molar-refractivity contribution in [1.82, 2.24) is 19.9 Å². The van der Waals surface area contributed by atoms with E-state index in [0.29, 0.717) is 19.4 Å². The molecule has 3 rings (SSSR count). The Balaban J connectivity index is 1.87. The van der Waals surface area contributed by atoms with Crippen molar-refractivity contribution in [1.29, 1.82) is 0 Å². The van der Waals surface area contributed by atoms with Gasteiger partial charge < -0.3 is 10.0 Å². The standard InChI is InChI=1S/C16H15F3N4O3/c17-16(18,19)11-5-1-2-6-13(11)23-9-12(20-21-23)15(26)22-7-3-4-10(22)8-14(24)25/h1-2,5-6,9-10H,3-4,7-8H2,(H,24,25). The number of hydrogen-bond acceptors (Lipinski definition) is 4. The Labute approximate surface area is 146 Å². The molecule has 1 aliphatic rings. The minimum Gasteiger partial charge on any atom is -0.481 e. The predicted molar refractivity (Wildman–Crippen MR) is 82.7 cm³/mol. The molecular formula is C16H15F3N4O3. The normalized spacial score (nSPS) is 17.5. The average Bonchev–Trinajstić information content (AvgIpc) is 3.22. The Morgan fingerprint density at radius 3 is 2.69 bits per heavy atom. The zero-order valence-electron chi connectivity index (χ0n) is 13.5. The number of hydrogen-bond donors (Lipinski definition) is 1. The monoisotopic (exact) mass is 368 g/mol. The molecule has 1 unspecified atom stereocenters. The van der Waals surface area contributed by atoms with Gasteiger partial charge in [0.05, 0.1) is 23.9 Å². The van der Waals surface area contributed by atoms with Crippen LogP contribution >= 0.6 is 0 Å². The van der Waals surface area contributed by atoms with E-state index >= 15 is 0 Å². The van der Waals surface area contributed by atoms with Crippen LogP contribution < -0.4 is 0 Å². The molecule has 1 amide bonds. The smallest absolute Gasteiger partial charge is 0.418 e. The number of nitrogens with zero attached hydrogens (tertiary/aromatic N) is 4. The van der Waals surface area contributed by atoms with Gasteiger partial charge in [0.1, 0.15) is 0 Å². The fraction of sp³-hybridized carbons (Fsp3) is 0.375. The lowest BCUT2D eigenvalue weighted by Crippen LogP contribution is -2.37. The number of carbonyl (C=O) groups is 2. The molecular weight excluding hydrogens is 353 g/mol. The van der Waals surface area contributed by atoms with Crippen LogP contribution in [-0.2, 0) is 11.0 Å². The number of carbonyl (C=O) groups excluding carboxylic acids is 1. The van der Waals surface area contributed by atoms with Crippen molar-refractivity contribution in [3.8, 4) is 5.69 Å². The lowest BCUT2D eigenvalue weighted by Gasteiger charge is -2.22. The number of likely N-dealkylation sites (tertiary alicyclic amines) is 1. The summed E-state index contributed by atoms with van der Waals surface area (Å²) in [4.78, 5) is 24.9. The molecule has 1 aromatic heterocycles. The van der Waals surface area contributed by atoms with Crippen LogP contribution in [0.1, 0.15) is 35.3 Å². The van der Waals surface area contributed by atoms with Crippen molar-refractivity contribution in [2.45, 2.75) is 31.5 Å². The Bertz CT molecular complexity index is 834. The number of halogens is 3. The van der Waals surface area contributed by atoms with E-state index in [1.165, 1.54) is 23.1 Å². The fourth-order valence-corrected chi connectivity index (χ4v) is 3.06. The largest absolute Gasteiger partial charge is 0.481 e. The summed E-state index contributed by atoms with van der Waals surface area (Å²) in [6, 6.07) is 4.39. The molecule has 1 saturated heterocycles. The SMILES string of the molecule is O=C(O)CC1CCCN1C(=O)c1cn(-c2ccccc2C(F)(F)F)nn1. The molecule has 0 spiro atoms. The van der Waals surface area contributed by atoms with Crippen LogP contribution in [0.3, 0.4) is 0 Å². The molecule has 1 N–H and O–H groups in total. The number of aromatic nitrogens is 3. The topological polar surface area (TPSA) is 88.3 Å². The number of benzene rings is 1. The van der Waals surface area contributed by atoms with Gasteiger partial charge >= 0.3 is 12.1 Å². The molecule has 1 fully saturated rings. The first kappa shape index (κ1) is 17.9. The molecule has 0 aliphatic carbocycles. The molecule has 1 aromatic carbocycles. The summed E-state index contributed by atoms with van der Waals surface area (Å²) in [7, 11) is 0. The highest BCUT2D eigenvalue weighted by Gasteiger charge is 2.35. The van der Waals surface area contributed by atoms with E-state index in [9.17, 15) is 22.8 Å². The van der Waals surface area contributed by atoms with Crippen LogP contribution in [0.15, 0.2) is 30.5 Å². The Kier molecular flexibility index (Phi) is 4.66. The lowest BCUT2D eigenvalue weighted by atomic mass is 10.1. The molecule has 7 nitrogen and oxygen atoms in total. The van der Waals surface area contributed by atoms with Crippen molar-refractivity contribution in [3.05, 3.63) is 41.7 Å². The van der Waals surface area contributed by atoms with E-state index in [1.807, 2.05) is 0 Å². The molecule has 0 radical (unpaired) electrons. The molecule has 0 bridgehead atoms. The maximum Gasteiger partial charge on any atom is 0.418 e. The summed E-state index contributed by atoms with van der Waals surface area (Å²) in [5.74, 6) is -1.55. The van der Waals surface area contributed by atoms with Gasteiger partial charge in [-0.05, 0) is 25.0 Å². The predicted octanol–water partition coefficient (Wildman–Crippen LogP) is 2.37. The van der Waals surface area contributed by atoms with Gasteiger partial charge in [-0.1, -0.05) is 17.3 Å². The van der Waals surface area contributed by atoms with Gasteiger partial charge in [-0.25, -0.2) is 4.68 Å². The van der Waals surface area contributed by atoms with Crippen molar-refractivity contribution in [2.75, 3.05) is 6.54 Å². The first-order chi connectivity index (χ1) is 12.3. The second-order valence-corrected chi connectivity index (χ2v) is 5.96. The summed E-state index contributed by atoms with van der Waals surface area (Å²) in [6.45, 7) is 0.378. The maximum atomic E-state index is 13.1. The van der Waals surface area contributed by atoms with E-state index in [0.717, 1.165) is 16.9 Å². The third kappa shape index (κ3) is 3.53. The highest BCUT2D eigenvalue weighted by Crippen LogP contribution is 2.33. The molecule has 1 atom stereocenters. The van der Waals surface area contributed by atoms with E-state index in [1.54, 1.807) is 0 Å². The van der Waals surface area contributed by atoms with E-state index < -0.39 is 29.7 Å².